The minimum absolute atomic E-state index is 0.339. The summed E-state index contributed by atoms with van der Waals surface area (Å²) >= 11 is 0. The Morgan fingerprint density at radius 3 is 2.50 bits per heavy atom. The quantitative estimate of drug-likeness (QED) is 0.725. The zero-order chi connectivity index (χ0) is 15.5. The van der Waals surface area contributed by atoms with Crippen molar-refractivity contribution < 1.29 is 13.6 Å². The minimum atomic E-state index is -0.392. The molecule has 2 aromatic carbocycles. The van der Waals surface area contributed by atoms with Crippen molar-refractivity contribution in [3.8, 4) is 0 Å². The van der Waals surface area contributed by atoms with Gasteiger partial charge in [0.25, 0.3) is 5.91 Å². The number of carbonyl (C=O) groups is 1. The third-order valence-electron chi connectivity index (χ3n) is 3.16. The van der Waals surface area contributed by atoms with Gasteiger partial charge in [-0.25, -0.2) is 4.39 Å². The number of rotatable bonds is 4. The van der Waals surface area contributed by atoms with E-state index in [1.54, 1.807) is 0 Å². The lowest BCUT2D eigenvalue weighted by atomic mass is 10.2. The summed E-state index contributed by atoms with van der Waals surface area (Å²) in [7, 11) is 0. The fourth-order valence-corrected chi connectivity index (χ4v) is 2.00. The molecule has 0 saturated heterocycles. The molecule has 0 atom stereocenters. The molecule has 1 heterocycles. The second-order valence-electron chi connectivity index (χ2n) is 4.71. The molecule has 0 spiro atoms. The smallest absolute Gasteiger partial charge is 0.269 e. The average molecular weight is 296 g/mol. The number of hydrogen-bond acceptors (Lipinski definition) is 3. The van der Waals surface area contributed by atoms with Crippen LogP contribution in [0.15, 0.2) is 65.6 Å². The van der Waals surface area contributed by atoms with Gasteiger partial charge in [0.05, 0.1) is 5.70 Å². The highest BCUT2D eigenvalue weighted by atomic mass is 19.1. The maximum atomic E-state index is 12.8. The number of hydrogen-bond donors (Lipinski definition) is 2. The van der Waals surface area contributed by atoms with Crippen LogP contribution in [-0.2, 0) is 0 Å². The Bertz CT molecular complexity index is 804. The van der Waals surface area contributed by atoms with Gasteiger partial charge in [-0.05, 0) is 36.4 Å². The van der Waals surface area contributed by atoms with E-state index in [2.05, 4.69) is 17.4 Å². The zero-order valence-electron chi connectivity index (χ0n) is 11.6. The second kappa shape index (κ2) is 5.73. The van der Waals surface area contributed by atoms with Crippen LogP contribution in [0.25, 0.3) is 16.7 Å². The van der Waals surface area contributed by atoms with Crippen LogP contribution >= 0.6 is 0 Å². The van der Waals surface area contributed by atoms with Crippen LogP contribution in [0.3, 0.4) is 0 Å². The number of fused-ring (bicyclic) bond motifs is 1. The van der Waals surface area contributed by atoms with Crippen LogP contribution in [-0.4, -0.2) is 5.91 Å². The number of furan rings is 1. The third kappa shape index (κ3) is 2.83. The average Bonchev–Trinajstić information content (AvgIpc) is 2.97. The monoisotopic (exact) mass is 296 g/mol. The Labute approximate surface area is 126 Å². The molecule has 0 unspecified atom stereocenters. The zero-order valence-corrected chi connectivity index (χ0v) is 11.6. The molecule has 0 saturated carbocycles. The fraction of sp³-hybridized carbons (Fsp3) is 0. The van der Waals surface area contributed by atoms with Gasteiger partial charge in [0.15, 0.2) is 5.76 Å². The normalized spacial score (nSPS) is 10.4. The fourth-order valence-electron chi connectivity index (χ4n) is 2.00. The number of hydrazine groups is 1. The van der Waals surface area contributed by atoms with Gasteiger partial charge in [0.1, 0.15) is 11.4 Å². The van der Waals surface area contributed by atoms with E-state index in [1.807, 2.05) is 30.3 Å². The summed E-state index contributed by atoms with van der Waals surface area (Å²) in [6.45, 7) is 3.82. The molecule has 0 aliphatic rings. The molecule has 2 N–H and O–H groups in total. The molecule has 0 aliphatic carbocycles. The second-order valence-corrected chi connectivity index (χ2v) is 4.71. The van der Waals surface area contributed by atoms with Crippen molar-refractivity contribution in [1.29, 1.82) is 0 Å². The van der Waals surface area contributed by atoms with Crippen LogP contribution in [0.2, 0.25) is 0 Å². The summed E-state index contributed by atoms with van der Waals surface area (Å²) in [6.07, 6.45) is 0. The van der Waals surface area contributed by atoms with Gasteiger partial charge in [-0.15, -0.1) is 0 Å². The van der Waals surface area contributed by atoms with Crippen molar-refractivity contribution in [1.82, 2.24) is 10.9 Å². The number of amides is 1. The summed E-state index contributed by atoms with van der Waals surface area (Å²) in [5, 5.41) is 0.949. The molecule has 22 heavy (non-hydrogen) atoms. The molecule has 0 bridgehead atoms. The topological polar surface area (TPSA) is 54.3 Å². The molecule has 0 fully saturated rings. The van der Waals surface area contributed by atoms with Crippen LogP contribution in [0, 0.1) is 5.82 Å². The lowest BCUT2D eigenvalue weighted by molar-refractivity contribution is 0.0942. The molecule has 0 aliphatic heterocycles. The Balaban J connectivity index is 1.66. The van der Waals surface area contributed by atoms with E-state index in [1.165, 1.54) is 24.3 Å². The molecular formula is C17H13FN2O2. The number of nitrogens with one attached hydrogen (secondary N) is 2. The molecular weight excluding hydrogens is 283 g/mol. The SMILES string of the molecule is C=C(NNC(=O)c1ccc(F)cc1)c1cc2ccccc2o1. The summed E-state index contributed by atoms with van der Waals surface area (Å²) < 4.78 is 18.4. The first-order valence-corrected chi connectivity index (χ1v) is 6.63. The van der Waals surface area contributed by atoms with Crippen LogP contribution in [0.1, 0.15) is 16.1 Å². The van der Waals surface area contributed by atoms with E-state index in [0.717, 1.165) is 11.0 Å². The van der Waals surface area contributed by atoms with Gasteiger partial charge < -0.3 is 4.42 Å². The van der Waals surface area contributed by atoms with E-state index in [0.29, 0.717) is 17.0 Å². The Hall–Kier alpha value is -3.08. The van der Waals surface area contributed by atoms with Crippen LogP contribution in [0.5, 0.6) is 0 Å². The number of halogens is 1. The summed E-state index contributed by atoms with van der Waals surface area (Å²) in [6, 6.07) is 14.6. The molecule has 4 nitrogen and oxygen atoms in total. The van der Waals surface area contributed by atoms with Crippen molar-refractivity contribution in [2.75, 3.05) is 0 Å². The van der Waals surface area contributed by atoms with Gasteiger partial charge in [0, 0.05) is 10.9 Å². The van der Waals surface area contributed by atoms with Crippen molar-refractivity contribution in [3.63, 3.8) is 0 Å². The number of benzene rings is 2. The third-order valence-corrected chi connectivity index (χ3v) is 3.16. The van der Waals surface area contributed by atoms with Gasteiger partial charge >= 0.3 is 0 Å². The van der Waals surface area contributed by atoms with Gasteiger partial charge in [-0.3, -0.25) is 15.6 Å². The first kappa shape index (κ1) is 13.9. The standard InChI is InChI=1S/C17H13FN2O2/c1-11(16-10-13-4-2-3-5-15(13)22-16)19-20-17(21)12-6-8-14(18)9-7-12/h2-10,19H,1H2,(H,20,21). The van der Waals surface area contributed by atoms with E-state index >= 15 is 0 Å². The van der Waals surface area contributed by atoms with Gasteiger partial charge in [-0.2, -0.15) is 0 Å². The maximum absolute atomic E-state index is 12.8. The highest BCUT2D eigenvalue weighted by molar-refractivity contribution is 5.94. The van der Waals surface area contributed by atoms with Crippen LogP contribution < -0.4 is 10.9 Å². The Morgan fingerprint density at radius 1 is 1.05 bits per heavy atom. The summed E-state index contributed by atoms with van der Waals surface area (Å²) in [5.74, 6) is -0.255. The molecule has 110 valence electrons. The maximum Gasteiger partial charge on any atom is 0.269 e. The molecule has 5 heteroatoms. The first-order chi connectivity index (χ1) is 10.6. The largest absolute Gasteiger partial charge is 0.454 e. The lowest BCUT2D eigenvalue weighted by Crippen LogP contribution is -2.35. The Morgan fingerprint density at radius 2 is 1.77 bits per heavy atom. The van der Waals surface area contributed by atoms with E-state index in [9.17, 15) is 9.18 Å². The van der Waals surface area contributed by atoms with E-state index in [-0.39, 0.29) is 0 Å². The molecule has 0 radical (unpaired) electrons. The van der Waals surface area contributed by atoms with Crippen molar-refractivity contribution in [2.24, 2.45) is 0 Å². The van der Waals surface area contributed by atoms with Gasteiger partial charge in [-0.1, -0.05) is 24.8 Å². The summed E-state index contributed by atoms with van der Waals surface area (Å²) in [5.41, 5.74) is 6.68. The first-order valence-electron chi connectivity index (χ1n) is 6.63. The Kier molecular flexibility index (Phi) is 3.62. The number of para-hydroxylation sites is 1. The van der Waals surface area contributed by atoms with Gasteiger partial charge in [0.2, 0.25) is 0 Å². The molecule has 1 amide bonds. The van der Waals surface area contributed by atoms with E-state index < -0.39 is 11.7 Å². The number of carbonyl (C=O) groups excluding carboxylic acids is 1. The van der Waals surface area contributed by atoms with Crippen molar-refractivity contribution >= 4 is 22.6 Å². The van der Waals surface area contributed by atoms with E-state index in [4.69, 9.17) is 4.42 Å². The molecule has 3 aromatic rings. The highest BCUT2D eigenvalue weighted by Gasteiger charge is 2.09. The lowest BCUT2D eigenvalue weighted by Gasteiger charge is -2.09. The van der Waals surface area contributed by atoms with Crippen LogP contribution in [0.4, 0.5) is 4.39 Å². The molecule has 1 aromatic heterocycles. The molecule has 3 rings (SSSR count). The summed E-state index contributed by atoms with van der Waals surface area (Å²) in [4.78, 5) is 11.9. The highest BCUT2D eigenvalue weighted by Crippen LogP contribution is 2.22. The predicted molar refractivity (Wildman–Crippen MR) is 82.2 cm³/mol. The van der Waals surface area contributed by atoms with Crippen molar-refractivity contribution in [3.05, 3.63) is 78.3 Å². The van der Waals surface area contributed by atoms with Crippen molar-refractivity contribution in [2.45, 2.75) is 0 Å². The predicted octanol–water partition coefficient (Wildman–Crippen LogP) is 3.48. The minimum Gasteiger partial charge on any atom is -0.454 e.